The Labute approximate surface area is 198 Å². The Bertz CT molecular complexity index is 1250. The number of aromatic nitrogens is 2. The Morgan fingerprint density at radius 3 is 2.21 bits per heavy atom. The number of fused-ring (bicyclic) bond motifs is 1. The molecule has 3 heterocycles. The summed E-state index contributed by atoms with van der Waals surface area (Å²) in [6.45, 7) is 7.94. The zero-order valence-corrected chi connectivity index (χ0v) is 19.7. The number of hydrogen-bond donors (Lipinski definition) is 0. The third-order valence-corrected chi connectivity index (χ3v) is 6.66. The zero-order valence-electron chi connectivity index (χ0n) is 19.7. The molecule has 0 radical (unpaired) electrons. The first-order valence-electron chi connectivity index (χ1n) is 11.6. The van der Waals surface area contributed by atoms with Crippen molar-refractivity contribution in [1.29, 1.82) is 0 Å². The molecular weight excluding hydrogens is 432 g/mol. The number of piperazine rings is 1. The van der Waals surface area contributed by atoms with Crippen LogP contribution in [0, 0.1) is 12.3 Å². The minimum Gasteiger partial charge on any atom is -0.459 e. The third kappa shape index (κ3) is 3.93. The molecule has 0 bridgehead atoms. The van der Waals surface area contributed by atoms with Crippen LogP contribution in [0.1, 0.15) is 62.9 Å². The molecule has 0 N–H and O–H groups in total. The van der Waals surface area contributed by atoms with Crippen LogP contribution in [0.2, 0.25) is 0 Å². The monoisotopic (exact) mass is 460 g/mol. The fourth-order valence-corrected chi connectivity index (χ4v) is 4.95. The summed E-state index contributed by atoms with van der Waals surface area (Å²) >= 11 is 0. The van der Waals surface area contributed by atoms with Gasteiger partial charge in [0.25, 0.3) is 11.8 Å². The number of aryl methyl sites for hydroxylation is 1. The van der Waals surface area contributed by atoms with Crippen molar-refractivity contribution in [2.75, 3.05) is 26.2 Å². The molecule has 1 aliphatic heterocycles. The fraction of sp³-hybridized carbons (Fsp3) is 0.385. The van der Waals surface area contributed by atoms with E-state index in [9.17, 15) is 14.4 Å². The van der Waals surface area contributed by atoms with E-state index in [1.807, 2.05) is 23.7 Å². The van der Waals surface area contributed by atoms with Crippen molar-refractivity contribution in [3.05, 3.63) is 70.9 Å². The number of hydrogen-bond acceptors (Lipinski definition) is 5. The summed E-state index contributed by atoms with van der Waals surface area (Å²) in [4.78, 5) is 41.7. The number of carbonyl (C=O) groups excluding carboxylic acids is 3. The highest BCUT2D eigenvalue weighted by molar-refractivity contribution is 6.00. The molecule has 1 fully saturated rings. The summed E-state index contributed by atoms with van der Waals surface area (Å²) in [5.74, 6) is 0.246. The summed E-state index contributed by atoms with van der Waals surface area (Å²) < 4.78 is 7.04. The van der Waals surface area contributed by atoms with E-state index in [-0.39, 0.29) is 23.0 Å². The lowest BCUT2D eigenvalue weighted by Gasteiger charge is -2.34. The molecule has 8 heteroatoms. The average molecular weight is 461 g/mol. The average Bonchev–Trinajstić information content (AvgIpc) is 3.46. The molecule has 2 amide bonds. The van der Waals surface area contributed by atoms with Crippen molar-refractivity contribution in [3.8, 4) is 5.69 Å². The molecule has 1 saturated heterocycles. The van der Waals surface area contributed by atoms with Gasteiger partial charge in [-0.3, -0.25) is 14.4 Å². The number of furan rings is 1. The molecule has 1 aliphatic carbocycles. The van der Waals surface area contributed by atoms with Crippen LogP contribution in [0.25, 0.3) is 5.69 Å². The maximum Gasteiger partial charge on any atom is 0.289 e. The third-order valence-electron chi connectivity index (χ3n) is 6.66. The van der Waals surface area contributed by atoms with Gasteiger partial charge >= 0.3 is 0 Å². The van der Waals surface area contributed by atoms with E-state index in [1.165, 1.54) is 6.26 Å². The quantitative estimate of drug-likeness (QED) is 0.597. The SMILES string of the molecule is Cc1nn(-c2ccc(C(=O)N3CCN(C(=O)c4ccco4)CC3)cc2)c2c1C(=O)CC(C)(C)C2. The first-order valence-corrected chi connectivity index (χ1v) is 11.6. The van der Waals surface area contributed by atoms with Gasteiger partial charge < -0.3 is 14.2 Å². The van der Waals surface area contributed by atoms with Crippen LogP contribution in [0.15, 0.2) is 47.1 Å². The van der Waals surface area contributed by atoms with Crippen LogP contribution in [0.4, 0.5) is 0 Å². The second kappa shape index (κ2) is 8.27. The normalized spacial score (nSPS) is 17.6. The highest BCUT2D eigenvalue weighted by Crippen LogP contribution is 2.37. The summed E-state index contributed by atoms with van der Waals surface area (Å²) in [6.07, 6.45) is 2.78. The van der Waals surface area contributed by atoms with Crippen LogP contribution in [0.3, 0.4) is 0 Å². The fourth-order valence-electron chi connectivity index (χ4n) is 4.95. The number of amides is 2. The van der Waals surface area contributed by atoms with Crippen LogP contribution in [0.5, 0.6) is 0 Å². The van der Waals surface area contributed by atoms with Crippen molar-refractivity contribution in [2.45, 2.75) is 33.6 Å². The predicted octanol–water partition coefficient (Wildman–Crippen LogP) is 3.53. The highest BCUT2D eigenvalue weighted by atomic mass is 16.3. The Kier molecular flexibility index (Phi) is 5.38. The molecule has 34 heavy (non-hydrogen) atoms. The molecule has 0 saturated carbocycles. The van der Waals surface area contributed by atoms with E-state index in [0.29, 0.717) is 43.9 Å². The van der Waals surface area contributed by atoms with E-state index in [0.717, 1.165) is 29.1 Å². The lowest BCUT2D eigenvalue weighted by Crippen LogP contribution is -2.50. The Balaban J connectivity index is 1.29. The molecule has 176 valence electrons. The second-order valence-corrected chi connectivity index (χ2v) is 9.87. The predicted molar refractivity (Wildman–Crippen MR) is 125 cm³/mol. The van der Waals surface area contributed by atoms with Gasteiger partial charge in [-0.15, -0.1) is 0 Å². The number of carbonyl (C=O) groups is 3. The first kappa shape index (κ1) is 22.1. The molecule has 8 nitrogen and oxygen atoms in total. The van der Waals surface area contributed by atoms with Crippen LogP contribution in [-0.2, 0) is 6.42 Å². The van der Waals surface area contributed by atoms with E-state index >= 15 is 0 Å². The molecule has 2 aromatic heterocycles. The van der Waals surface area contributed by atoms with Crippen molar-refractivity contribution in [3.63, 3.8) is 0 Å². The topological polar surface area (TPSA) is 88.7 Å². The summed E-state index contributed by atoms with van der Waals surface area (Å²) in [7, 11) is 0. The van der Waals surface area contributed by atoms with Crippen LogP contribution >= 0.6 is 0 Å². The largest absolute Gasteiger partial charge is 0.459 e. The van der Waals surface area contributed by atoms with Gasteiger partial charge in [0.1, 0.15) is 0 Å². The Morgan fingerprint density at radius 2 is 1.59 bits per heavy atom. The van der Waals surface area contributed by atoms with Gasteiger partial charge in [-0.2, -0.15) is 5.10 Å². The summed E-state index contributed by atoms with van der Waals surface area (Å²) in [5.41, 5.74) is 3.74. The minimum atomic E-state index is -0.152. The lowest BCUT2D eigenvalue weighted by molar-refractivity contribution is 0.0518. The smallest absolute Gasteiger partial charge is 0.289 e. The van der Waals surface area contributed by atoms with Gasteiger partial charge in [-0.1, -0.05) is 13.8 Å². The number of Topliss-reactive ketones (excluding diaryl/α,β-unsaturated/α-hetero) is 1. The minimum absolute atomic E-state index is 0.0633. The molecule has 2 aliphatic rings. The van der Waals surface area contributed by atoms with Gasteiger partial charge in [0, 0.05) is 38.2 Å². The molecule has 1 aromatic carbocycles. The standard InChI is InChI=1S/C26H28N4O4/c1-17-23-20(15-26(2,3)16-21(23)31)30(27-17)19-8-6-18(7-9-19)24(32)28-10-12-29(13-11-28)25(33)22-5-4-14-34-22/h4-9,14H,10-13,15-16H2,1-3H3. The van der Waals surface area contributed by atoms with Crippen molar-refractivity contribution < 1.29 is 18.8 Å². The molecule has 0 spiro atoms. The molecule has 0 unspecified atom stereocenters. The number of benzene rings is 1. The summed E-state index contributed by atoms with van der Waals surface area (Å²) in [6, 6.07) is 10.7. The van der Waals surface area contributed by atoms with E-state index < -0.39 is 0 Å². The van der Waals surface area contributed by atoms with Gasteiger partial charge in [0.15, 0.2) is 11.5 Å². The van der Waals surface area contributed by atoms with Gasteiger partial charge in [-0.25, -0.2) is 4.68 Å². The van der Waals surface area contributed by atoms with Crippen molar-refractivity contribution in [2.24, 2.45) is 5.41 Å². The van der Waals surface area contributed by atoms with Gasteiger partial charge in [-0.05, 0) is 55.2 Å². The molecule has 0 atom stereocenters. The lowest BCUT2D eigenvalue weighted by atomic mass is 9.75. The zero-order chi connectivity index (χ0) is 24.0. The number of rotatable bonds is 3. The Hall–Kier alpha value is -3.68. The number of ketones is 1. The van der Waals surface area contributed by atoms with Crippen LogP contribution < -0.4 is 0 Å². The first-order chi connectivity index (χ1) is 16.2. The molecular formula is C26H28N4O4. The van der Waals surface area contributed by atoms with E-state index in [2.05, 4.69) is 18.9 Å². The summed E-state index contributed by atoms with van der Waals surface area (Å²) in [5, 5.41) is 4.64. The van der Waals surface area contributed by atoms with E-state index in [1.54, 1.807) is 34.1 Å². The highest BCUT2D eigenvalue weighted by Gasteiger charge is 2.35. The maximum atomic E-state index is 13.1. The van der Waals surface area contributed by atoms with Gasteiger partial charge in [0.2, 0.25) is 0 Å². The molecule has 5 rings (SSSR count). The van der Waals surface area contributed by atoms with Crippen LogP contribution in [-0.4, -0.2) is 63.4 Å². The molecule has 3 aromatic rings. The maximum absolute atomic E-state index is 13.1. The Morgan fingerprint density at radius 1 is 0.941 bits per heavy atom. The second-order valence-electron chi connectivity index (χ2n) is 9.87. The van der Waals surface area contributed by atoms with Crippen molar-refractivity contribution >= 4 is 17.6 Å². The number of nitrogens with zero attached hydrogens (tertiary/aromatic N) is 4. The van der Waals surface area contributed by atoms with E-state index in [4.69, 9.17) is 4.42 Å². The van der Waals surface area contributed by atoms with Crippen molar-refractivity contribution in [1.82, 2.24) is 19.6 Å². The van der Waals surface area contributed by atoms with Gasteiger partial charge in [0.05, 0.1) is 28.9 Å².